The molecule has 1 aliphatic carbocycles. The number of rotatable bonds is 3. The Morgan fingerprint density at radius 1 is 1.18 bits per heavy atom. The van der Waals surface area contributed by atoms with Gasteiger partial charge in [0, 0.05) is 11.5 Å². The van der Waals surface area contributed by atoms with Crippen LogP contribution >= 0.6 is 0 Å². The summed E-state index contributed by atoms with van der Waals surface area (Å²) in [6.45, 7) is 0. The summed E-state index contributed by atoms with van der Waals surface area (Å²) in [7, 11) is 0. The Balaban J connectivity index is 1.65. The summed E-state index contributed by atoms with van der Waals surface area (Å²) >= 11 is 0. The van der Waals surface area contributed by atoms with Crippen LogP contribution in [0, 0.1) is 0 Å². The lowest BCUT2D eigenvalue weighted by atomic mass is 9.92. The zero-order chi connectivity index (χ0) is 15.4. The lowest BCUT2D eigenvalue weighted by Crippen LogP contribution is -2.44. The van der Waals surface area contributed by atoms with Crippen LogP contribution in [-0.4, -0.2) is 28.1 Å². The number of carbonyl (C=O) groups excluding carboxylic acids is 1. The van der Waals surface area contributed by atoms with E-state index >= 15 is 0 Å². The minimum Gasteiger partial charge on any atom is -0.391 e. The van der Waals surface area contributed by atoms with Gasteiger partial charge in [0.25, 0.3) is 0 Å². The SMILES string of the molecule is O=C(/C=C/c1ccc2ccccc2n1)NC1CCCCC1O. The van der Waals surface area contributed by atoms with Crippen LogP contribution < -0.4 is 5.32 Å². The number of aliphatic hydroxyl groups is 1. The summed E-state index contributed by atoms with van der Waals surface area (Å²) in [6, 6.07) is 11.6. The number of pyridine rings is 1. The minimum absolute atomic E-state index is 0.129. The van der Waals surface area contributed by atoms with Gasteiger partial charge in [0.05, 0.1) is 23.4 Å². The van der Waals surface area contributed by atoms with Crippen molar-refractivity contribution in [2.24, 2.45) is 0 Å². The number of hydrogen-bond acceptors (Lipinski definition) is 3. The van der Waals surface area contributed by atoms with Crippen molar-refractivity contribution in [3.63, 3.8) is 0 Å². The third-order valence-electron chi connectivity index (χ3n) is 4.08. The summed E-state index contributed by atoms with van der Waals surface area (Å²) in [5.41, 5.74) is 1.66. The Labute approximate surface area is 129 Å². The highest BCUT2D eigenvalue weighted by Crippen LogP contribution is 2.18. The van der Waals surface area contributed by atoms with Crippen LogP contribution in [-0.2, 0) is 4.79 Å². The van der Waals surface area contributed by atoms with Gasteiger partial charge in [-0.15, -0.1) is 0 Å². The number of aromatic nitrogens is 1. The Kier molecular flexibility index (Phi) is 4.49. The van der Waals surface area contributed by atoms with E-state index in [2.05, 4.69) is 10.3 Å². The van der Waals surface area contributed by atoms with Crippen LogP contribution in [0.5, 0.6) is 0 Å². The molecule has 1 amide bonds. The molecule has 1 fully saturated rings. The van der Waals surface area contributed by atoms with Crippen LogP contribution in [0.25, 0.3) is 17.0 Å². The molecule has 2 unspecified atom stereocenters. The Hall–Kier alpha value is -2.20. The summed E-state index contributed by atoms with van der Waals surface area (Å²) in [6.07, 6.45) is 6.46. The van der Waals surface area contributed by atoms with Crippen molar-refractivity contribution < 1.29 is 9.90 Å². The van der Waals surface area contributed by atoms with E-state index in [1.165, 1.54) is 6.08 Å². The number of amides is 1. The fraction of sp³-hybridized carbons (Fsp3) is 0.333. The molecule has 1 heterocycles. The first-order chi connectivity index (χ1) is 10.7. The van der Waals surface area contributed by atoms with Crippen molar-refractivity contribution >= 4 is 22.9 Å². The Morgan fingerprint density at radius 2 is 2.00 bits per heavy atom. The smallest absolute Gasteiger partial charge is 0.244 e. The van der Waals surface area contributed by atoms with Gasteiger partial charge in [0.15, 0.2) is 0 Å². The summed E-state index contributed by atoms with van der Waals surface area (Å²) in [5, 5.41) is 13.8. The second-order valence-corrected chi connectivity index (χ2v) is 5.73. The second-order valence-electron chi connectivity index (χ2n) is 5.73. The molecule has 1 aliphatic rings. The van der Waals surface area contributed by atoms with Crippen LogP contribution in [0.4, 0.5) is 0 Å². The maximum absolute atomic E-state index is 12.0. The standard InChI is InChI=1S/C18H20N2O2/c21-17-8-4-3-7-16(17)20-18(22)12-11-14-10-9-13-5-1-2-6-15(13)19-14/h1-2,5-6,9-12,16-17,21H,3-4,7-8H2,(H,20,22)/b12-11+. The molecule has 114 valence electrons. The van der Waals surface area contributed by atoms with Gasteiger partial charge in [-0.1, -0.05) is 37.1 Å². The number of carbonyl (C=O) groups is 1. The number of hydrogen-bond donors (Lipinski definition) is 2. The van der Waals surface area contributed by atoms with Gasteiger partial charge in [0.2, 0.25) is 5.91 Å². The summed E-state index contributed by atoms with van der Waals surface area (Å²) in [4.78, 5) is 16.4. The first-order valence-corrected chi connectivity index (χ1v) is 7.75. The predicted octanol–water partition coefficient (Wildman–Crippen LogP) is 2.67. The van der Waals surface area contributed by atoms with Gasteiger partial charge in [-0.25, -0.2) is 4.98 Å². The van der Waals surface area contributed by atoms with Gasteiger partial charge in [-0.3, -0.25) is 4.79 Å². The fourth-order valence-corrected chi connectivity index (χ4v) is 2.85. The fourth-order valence-electron chi connectivity index (χ4n) is 2.85. The Morgan fingerprint density at radius 3 is 2.86 bits per heavy atom. The average molecular weight is 296 g/mol. The molecule has 0 saturated heterocycles. The first-order valence-electron chi connectivity index (χ1n) is 7.75. The van der Waals surface area contributed by atoms with Gasteiger partial charge in [0.1, 0.15) is 0 Å². The van der Waals surface area contributed by atoms with Crippen LogP contribution in [0.1, 0.15) is 31.4 Å². The number of nitrogens with zero attached hydrogens (tertiary/aromatic N) is 1. The molecule has 0 aliphatic heterocycles. The van der Waals surface area contributed by atoms with Gasteiger partial charge >= 0.3 is 0 Å². The molecule has 4 heteroatoms. The maximum atomic E-state index is 12.0. The summed E-state index contributed by atoms with van der Waals surface area (Å²) < 4.78 is 0. The normalized spacial score (nSPS) is 22.0. The van der Waals surface area contributed by atoms with Crippen molar-refractivity contribution in [1.82, 2.24) is 10.3 Å². The van der Waals surface area contributed by atoms with Crippen LogP contribution in [0.15, 0.2) is 42.5 Å². The number of benzene rings is 1. The molecule has 2 N–H and O–H groups in total. The molecule has 0 bridgehead atoms. The van der Waals surface area contributed by atoms with Gasteiger partial charge in [-0.05, 0) is 31.1 Å². The van der Waals surface area contributed by atoms with E-state index in [1.807, 2.05) is 36.4 Å². The van der Waals surface area contributed by atoms with Crippen molar-refractivity contribution in [2.45, 2.75) is 37.8 Å². The van der Waals surface area contributed by atoms with E-state index in [1.54, 1.807) is 6.08 Å². The summed E-state index contributed by atoms with van der Waals surface area (Å²) in [5.74, 6) is -0.180. The highest BCUT2D eigenvalue weighted by atomic mass is 16.3. The van der Waals surface area contributed by atoms with Gasteiger partial charge < -0.3 is 10.4 Å². The van der Waals surface area contributed by atoms with E-state index in [9.17, 15) is 9.90 Å². The molecule has 2 atom stereocenters. The molecule has 1 aromatic heterocycles. The van der Waals surface area contributed by atoms with E-state index in [4.69, 9.17) is 0 Å². The Bertz CT molecular complexity index is 696. The van der Waals surface area contributed by atoms with E-state index < -0.39 is 6.10 Å². The molecule has 1 saturated carbocycles. The highest BCUT2D eigenvalue weighted by Gasteiger charge is 2.23. The number of nitrogens with one attached hydrogen (secondary N) is 1. The van der Waals surface area contributed by atoms with Gasteiger partial charge in [-0.2, -0.15) is 0 Å². The van der Waals surface area contributed by atoms with Crippen molar-refractivity contribution in [3.8, 4) is 0 Å². The molecule has 3 rings (SSSR count). The number of fused-ring (bicyclic) bond motifs is 1. The first kappa shape index (κ1) is 14.7. The number of para-hydroxylation sites is 1. The van der Waals surface area contributed by atoms with Crippen molar-refractivity contribution in [3.05, 3.63) is 48.2 Å². The predicted molar refractivity (Wildman–Crippen MR) is 87.2 cm³/mol. The third kappa shape index (κ3) is 3.52. The van der Waals surface area contributed by atoms with Crippen LogP contribution in [0.3, 0.4) is 0 Å². The molecule has 4 nitrogen and oxygen atoms in total. The molecule has 1 aromatic carbocycles. The third-order valence-corrected chi connectivity index (χ3v) is 4.08. The largest absolute Gasteiger partial charge is 0.391 e. The second kappa shape index (κ2) is 6.71. The lowest BCUT2D eigenvalue weighted by molar-refractivity contribution is -0.118. The molecule has 0 spiro atoms. The lowest BCUT2D eigenvalue weighted by Gasteiger charge is -2.27. The van der Waals surface area contributed by atoms with E-state index in [0.29, 0.717) is 0 Å². The van der Waals surface area contributed by atoms with Crippen LogP contribution in [0.2, 0.25) is 0 Å². The zero-order valence-corrected chi connectivity index (χ0v) is 12.4. The van der Waals surface area contributed by atoms with Crippen molar-refractivity contribution in [1.29, 1.82) is 0 Å². The van der Waals surface area contributed by atoms with E-state index in [0.717, 1.165) is 42.3 Å². The highest BCUT2D eigenvalue weighted by molar-refractivity contribution is 5.92. The van der Waals surface area contributed by atoms with Crippen molar-refractivity contribution in [2.75, 3.05) is 0 Å². The zero-order valence-electron chi connectivity index (χ0n) is 12.4. The molecule has 0 radical (unpaired) electrons. The minimum atomic E-state index is -0.426. The molecule has 2 aromatic rings. The maximum Gasteiger partial charge on any atom is 0.244 e. The molecular formula is C18H20N2O2. The monoisotopic (exact) mass is 296 g/mol. The molecular weight excluding hydrogens is 276 g/mol. The number of aliphatic hydroxyl groups excluding tert-OH is 1. The topological polar surface area (TPSA) is 62.2 Å². The molecule has 22 heavy (non-hydrogen) atoms. The van der Waals surface area contributed by atoms with E-state index in [-0.39, 0.29) is 11.9 Å². The quantitative estimate of drug-likeness (QED) is 0.856. The average Bonchev–Trinajstić information content (AvgIpc) is 2.55.